The van der Waals surface area contributed by atoms with E-state index in [0.717, 1.165) is 16.8 Å². The molecule has 0 saturated heterocycles. The summed E-state index contributed by atoms with van der Waals surface area (Å²) in [6.07, 6.45) is 1.75. The van der Waals surface area contributed by atoms with Crippen LogP contribution in [0.1, 0.15) is 31.9 Å². The molecule has 0 atom stereocenters. The van der Waals surface area contributed by atoms with Gasteiger partial charge < -0.3 is 5.32 Å². The highest BCUT2D eigenvalue weighted by atomic mass is 16.6. The number of aromatic nitrogens is 2. The van der Waals surface area contributed by atoms with E-state index < -0.39 is 0 Å². The standard InChI is InChI=1S/C15H20N4O2/c1-10-5-6-11(7-13(10)19(20)21)14-12(9-17-18-14)8-16-15(2,3)4/h5-7,9,16H,8H2,1-4H3,(H,17,18). The van der Waals surface area contributed by atoms with Gasteiger partial charge in [0.1, 0.15) is 0 Å². The molecule has 0 spiro atoms. The van der Waals surface area contributed by atoms with Crippen LogP contribution in [0.2, 0.25) is 0 Å². The van der Waals surface area contributed by atoms with E-state index in [0.29, 0.717) is 12.1 Å². The quantitative estimate of drug-likeness (QED) is 0.668. The van der Waals surface area contributed by atoms with Gasteiger partial charge in [-0.25, -0.2) is 0 Å². The highest BCUT2D eigenvalue weighted by Crippen LogP contribution is 2.27. The van der Waals surface area contributed by atoms with Crippen molar-refractivity contribution in [1.82, 2.24) is 15.5 Å². The largest absolute Gasteiger partial charge is 0.308 e. The molecular weight excluding hydrogens is 268 g/mol. The second-order valence-corrected chi connectivity index (χ2v) is 6.13. The number of rotatable bonds is 4. The Labute approximate surface area is 123 Å². The maximum absolute atomic E-state index is 11.1. The van der Waals surface area contributed by atoms with Crippen LogP contribution in [0.3, 0.4) is 0 Å². The van der Waals surface area contributed by atoms with Gasteiger partial charge in [-0.3, -0.25) is 15.2 Å². The summed E-state index contributed by atoms with van der Waals surface area (Å²) in [4.78, 5) is 10.7. The molecule has 2 N–H and O–H groups in total. The molecule has 1 aromatic heterocycles. The minimum absolute atomic E-state index is 0.00614. The van der Waals surface area contributed by atoms with Crippen LogP contribution in [0, 0.1) is 17.0 Å². The Kier molecular flexibility index (Phi) is 4.09. The first kappa shape index (κ1) is 15.2. The summed E-state index contributed by atoms with van der Waals surface area (Å²) in [6, 6.07) is 5.22. The number of nitrogens with zero attached hydrogens (tertiary/aromatic N) is 2. The van der Waals surface area contributed by atoms with E-state index in [1.807, 2.05) is 6.07 Å². The molecule has 0 bridgehead atoms. The van der Waals surface area contributed by atoms with Crippen molar-refractivity contribution in [3.63, 3.8) is 0 Å². The van der Waals surface area contributed by atoms with E-state index in [4.69, 9.17) is 0 Å². The third-order valence-electron chi connectivity index (χ3n) is 3.22. The summed E-state index contributed by atoms with van der Waals surface area (Å²) < 4.78 is 0. The zero-order valence-corrected chi connectivity index (χ0v) is 12.7. The topological polar surface area (TPSA) is 83.8 Å². The number of hydrogen-bond acceptors (Lipinski definition) is 4. The van der Waals surface area contributed by atoms with Gasteiger partial charge in [-0.05, 0) is 27.7 Å². The summed E-state index contributed by atoms with van der Waals surface area (Å²) in [5.74, 6) is 0. The molecule has 0 aliphatic carbocycles. The molecule has 2 aromatic rings. The Hall–Kier alpha value is -2.21. The van der Waals surface area contributed by atoms with Crippen molar-refractivity contribution < 1.29 is 4.92 Å². The first-order valence-electron chi connectivity index (χ1n) is 6.80. The van der Waals surface area contributed by atoms with Crippen molar-refractivity contribution in [1.29, 1.82) is 0 Å². The lowest BCUT2D eigenvalue weighted by molar-refractivity contribution is -0.385. The number of benzene rings is 1. The minimum Gasteiger partial charge on any atom is -0.308 e. The van der Waals surface area contributed by atoms with Gasteiger partial charge in [-0.1, -0.05) is 12.1 Å². The Morgan fingerprint density at radius 2 is 2.10 bits per heavy atom. The smallest absolute Gasteiger partial charge is 0.272 e. The van der Waals surface area contributed by atoms with E-state index in [-0.39, 0.29) is 16.1 Å². The molecule has 0 fully saturated rings. The maximum atomic E-state index is 11.1. The summed E-state index contributed by atoms with van der Waals surface area (Å²) in [5, 5.41) is 21.4. The zero-order chi connectivity index (χ0) is 15.6. The van der Waals surface area contributed by atoms with Crippen molar-refractivity contribution >= 4 is 5.69 Å². The summed E-state index contributed by atoms with van der Waals surface area (Å²) >= 11 is 0. The molecule has 0 aliphatic heterocycles. The highest BCUT2D eigenvalue weighted by molar-refractivity contribution is 5.66. The molecule has 2 rings (SSSR count). The van der Waals surface area contributed by atoms with Gasteiger partial charge in [-0.15, -0.1) is 0 Å². The molecule has 0 unspecified atom stereocenters. The molecule has 0 amide bonds. The zero-order valence-electron chi connectivity index (χ0n) is 12.7. The van der Waals surface area contributed by atoms with Crippen molar-refractivity contribution in [2.45, 2.75) is 39.8 Å². The number of hydrogen-bond donors (Lipinski definition) is 2. The second kappa shape index (κ2) is 5.65. The van der Waals surface area contributed by atoms with Gasteiger partial charge in [-0.2, -0.15) is 5.10 Å². The second-order valence-electron chi connectivity index (χ2n) is 6.13. The van der Waals surface area contributed by atoms with Gasteiger partial charge in [0.05, 0.1) is 16.8 Å². The lowest BCUT2D eigenvalue weighted by atomic mass is 10.0. The first-order chi connectivity index (χ1) is 9.78. The predicted molar refractivity (Wildman–Crippen MR) is 82.0 cm³/mol. The van der Waals surface area contributed by atoms with E-state index in [9.17, 15) is 10.1 Å². The number of nitro benzene ring substituents is 1. The van der Waals surface area contributed by atoms with Gasteiger partial charge in [0, 0.05) is 34.8 Å². The normalized spacial score (nSPS) is 11.6. The number of aryl methyl sites for hydroxylation is 1. The molecule has 6 nitrogen and oxygen atoms in total. The lowest BCUT2D eigenvalue weighted by Gasteiger charge is -2.20. The lowest BCUT2D eigenvalue weighted by Crippen LogP contribution is -2.35. The summed E-state index contributed by atoms with van der Waals surface area (Å²) in [5.41, 5.74) is 3.34. The Bertz CT molecular complexity index is 656. The van der Waals surface area contributed by atoms with Gasteiger partial charge >= 0.3 is 0 Å². The fourth-order valence-corrected chi connectivity index (χ4v) is 2.02. The van der Waals surface area contributed by atoms with Crippen molar-refractivity contribution in [2.75, 3.05) is 0 Å². The molecular formula is C15H20N4O2. The van der Waals surface area contributed by atoms with Crippen LogP contribution in [0.15, 0.2) is 24.4 Å². The Morgan fingerprint density at radius 1 is 1.38 bits per heavy atom. The molecule has 1 heterocycles. The maximum Gasteiger partial charge on any atom is 0.272 e. The summed E-state index contributed by atoms with van der Waals surface area (Å²) in [7, 11) is 0. The summed E-state index contributed by atoms with van der Waals surface area (Å²) in [6.45, 7) is 8.64. The SMILES string of the molecule is Cc1ccc(-c2[nH]ncc2CNC(C)(C)C)cc1[N+](=O)[O-]. The average Bonchev–Trinajstić information content (AvgIpc) is 2.84. The predicted octanol–water partition coefficient (Wildman–Crippen LogP) is 3.18. The fraction of sp³-hybridized carbons (Fsp3) is 0.400. The third-order valence-corrected chi connectivity index (χ3v) is 3.22. The van der Waals surface area contributed by atoms with Crippen LogP contribution in [-0.4, -0.2) is 20.7 Å². The number of aromatic amines is 1. The van der Waals surface area contributed by atoms with E-state index >= 15 is 0 Å². The number of nitrogens with one attached hydrogen (secondary N) is 2. The molecule has 0 aliphatic rings. The molecule has 1 aromatic carbocycles. The Balaban J connectivity index is 2.33. The van der Waals surface area contributed by atoms with Gasteiger partial charge in [0.15, 0.2) is 0 Å². The van der Waals surface area contributed by atoms with Crippen LogP contribution in [-0.2, 0) is 6.54 Å². The molecule has 21 heavy (non-hydrogen) atoms. The van der Waals surface area contributed by atoms with Gasteiger partial charge in [0.2, 0.25) is 0 Å². The molecule has 112 valence electrons. The fourth-order valence-electron chi connectivity index (χ4n) is 2.02. The molecule has 0 radical (unpaired) electrons. The van der Waals surface area contributed by atoms with Gasteiger partial charge in [0.25, 0.3) is 5.69 Å². The molecule has 6 heteroatoms. The first-order valence-corrected chi connectivity index (χ1v) is 6.80. The monoisotopic (exact) mass is 288 g/mol. The van der Waals surface area contributed by atoms with E-state index in [2.05, 4.69) is 36.3 Å². The third kappa shape index (κ3) is 3.66. The van der Waals surface area contributed by atoms with Crippen LogP contribution < -0.4 is 5.32 Å². The van der Waals surface area contributed by atoms with E-state index in [1.54, 1.807) is 25.3 Å². The number of nitro groups is 1. The van der Waals surface area contributed by atoms with Crippen molar-refractivity contribution in [3.05, 3.63) is 45.6 Å². The van der Waals surface area contributed by atoms with Crippen molar-refractivity contribution in [2.24, 2.45) is 0 Å². The van der Waals surface area contributed by atoms with Crippen molar-refractivity contribution in [3.8, 4) is 11.3 Å². The molecule has 0 saturated carbocycles. The average molecular weight is 288 g/mol. The number of H-pyrrole nitrogens is 1. The minimum atomic E-state index is -0.359. The highest BCUT2D eigenvalue weighted by Gasteiger charge is 2.16. The van der Waals surface area contributed by atoms with E-state index in [1.165, 1.54) is 0 Å². The van der Waals surface area contributed by atoms with Crippen LogP contribution in [0.25, 0.3) is 11.3 Å². The van der Waals surface area contributed by atoms with Crippen LogP contribution in [0.4, 0.5) is 5.69 Å². The Morgan fingerprint density at radius 3 is 2.71 bits per heavy atom. The van der Waals surface area contributed by atoms with Crippen LogP contribution in [0.5, 0.6) is 0 Å². The van der Waals surface area contributed by atoms with Crippen LogP contribution >= 0.6 is 0 Å².